The van der Waals surface area contributed by atoms with Gasteiger partial charge in [0, 0.05) is 12.6 Å². The van der Waals surface area contributed by atoms with E-state index in [1.54, 1.807) is 11.8 Å². The molecule has 0 bridgehead atoms. The number of amides is 2. The number of carbonyl (C=O) groups is 2. The zero-order valence-corrected chi connectivity index (χ0v) is 9.28. The molecule has 1 rings (SSSR count). The van der Waals surface area contributed by atoms with Crippen molar-refractivity contribution in [1.29, 1.82) is 0 Å². The number of urea groups is 1. The van der Waals surface area contributed by atoms with Gasteiger partial charge in [0.2, 0.25) is 0 Å². The summed E-state index contributed by atoms with van der Waals surface area (Å²) in [6, 6.07) is 0.199. The third-order valence-electron chi connectivity index (χ3n) is 2.28. The van der Waals surface area contributed by atoms with E-state index in [9.17, 15) is 9.59 Å². The van der Waals surface area contributed by atoms with Crippen molar-refractivity contribution in [2.75, 3.05) is 19.7 Å². The zero-order valence-electron chi connectivity index (χ0n) is 9.28. The fraction of sp³-hybridized carbons (Fsp3) is 0.800. The van der Waals surface area contributed by atoms with Crippen molar-refractivity contribution in [2.45, 2.75) is 32.7 Å². The van der Waals surface area contributed by atoms with E-state index >= 15 is 0 Å². The Morgan fingerprint density at radius 3 is 2.53 bits per heavy atom. The Morgan fingerprint density at radius 2 is 2.07 bits per heavy atom. The quantitative estimate of drug-likeness (QED) is 0.687. The zero-order chi connectivity index (χ0) is 11.3. The summed E-state index contributed by atoms with van der Waals surface area (Å²) < 4.78 is 4.71. The third kappa shape index (κ3) is 3.77. The van der Waals surface area contributed by atoms with Crippen molar-refractivity contribution in [3.05, 3.63) is 0 Å². The van der Waals surface area contributed by atoms with Crippen LogP contribution in [0.5, 0.6) is 0 Å². The van der Waals surface area contributed by atoms with Crippen LogP contribution in [0.1, 0.15) is 26.7 Å². The molecule has 0 aromatic carbocycles. The predicted molar refractivity (Wildman–Crippen MR) is 55.4 cm³/mol. The predicted octanol–water partition coefficient (Wildman–Crippen LogP) is 0.743. The van der Waals surface area contributed by atoms with Gasteiger partial charge in [-0.2, -0.15) is 0 Å². The lowest BCUT2D eigenvalue weighted by Gasteiger charge is -2.20. The minimum atomic E-state index is -0.391. The normalized spacial score (nSPS) is 14.5. The Bertz CT molecular complexity index is 239. The largest absolute Gasteiger partial charge is 0.465 e. The van der Waals surface area contributed by atoms with Gasteiger partial charge >= 0.3 is 12.0 Å². The van der Waals surface area contributed by atoms with Crippen LogP contribution in [0.25, 0.3) is 0 Å². The maximum atomic E-state index is 11.6. The highest BCUT2D eigenvalue weighted by molar-refractivity contribution is 5.81. The summed E-state index contributed by atoms with van der Waals surface area (Å²) in [4.78, 5) is 24.3. The first kappa shape index (κ1) is 11.8. The molecule has 1 fully saturated rings. The molecule has 0 unspecified atom stereocenters. The summed E-state index contributed by atoms with van der Waals surface area (Å²) in [5, 5.41) is 2.55. The highest BCUT2D eigenvalue weighted by Crippen LogP contribution is 2.26. The number of esters is 1. The third-order valence-corrected chi connectivity index (χ3v) is 2.28. The molecule has 0 aliphatic heterocycles. The highest BCUT2D eigenvalue weighted by atomic mass is 16.5. The fourth-order valence-electron chi connectivity index (χ4n) is 1.42. The van der Waals surface area contributed by atoms with Gasteiger partial charge in [-0.25, -0.2) is 4.79 Å². The molecule has 0 heterocycles. The molecule has 0 saturated heterocycles. The summed E-state index contributed by atoms with van der Waals surface area (Å²) in [6.45, 7) is 4.65. The molecule has 15 heavy (non-hydrogen) atoms. The van der Waals surface area contributed by atoms with Crippen LogP contribution in [0, 0.1) is 0 Å². The highest BCUT2D eigenvalue weighted by Gasteiger charge is 2.31. The van der Waals surface area contributed by atoms with Crippen molar-refractivity contribution in [3.63, 3.8) is 0 Å². The summed E-state index contributed by atoms with van der Waals surface area (Å²) in [6.07, 6.45) is 2.14. The fourth-order valence-corrected chi connectivity index (χ4v) is 1.42. The maximum absolute atomic E-state index is 11.6. The van der Waals surface area contributed by atoms with E-state index in [1.807, 2.05) is 6.92 Å². The van der Waals surface area contributed by atoms with Gasteiger partial charge in [-0.05, 0) is 26.7 Å². The van der Waals surface area contributed by atoms with Crippen LogP contribution in [0.2, 0.25) is 0 Å². The van der Waals surface area contributed by atoms with Crippen molar-refractivity contribution >= 4 is 12.0 Å². The van der Waals surface area contributed by atoms with Crippen LogP contribution in [0.3, 0.4) is 0 Å². The molecule has 1 aliphatic carbocycles. The Hall–Kier alpha value is -1.26. The molecule has 0 aromatic rings. The van der Waals surface area contributed by atoms with Gasteiger partial charge < -0.3 is 15.0 Å². The van der Waals surface area contributed by atoms with Crippen LogP contribution in [-0.4, -0.2) is 42.6 Å². The standard InChI is InChI=1S/C10H18N2O3/c1-3-12(8-5-6-8)10(14)11-7-9(13)15-4-2/h8H,3-7H2,1-2H3,(H,11,14). The van der Waals surface area contributed by atoms with E-state index in [4.69, 9.17) is 4.74 Å². The van der Waals surface area contributed by atoms with Gasteiger partial charge in [-0.1, -0.05) is 0 Å². The maximum Gasteiger partial charge on any atom is 0.325 e. The average molecular weight is 214 g/mol. The SMILES string of the molecule is CCOC(=O)CNC(=O)N(CC)C1CC1. The number of nitrogens with one attached hydrogen (secondary N) is 1. The topological polar surface area (TPSA) is 58.6 Å². The summed E-state index contributed by atoms with van der Waals surface area (Å²) in [7, 11) is 0. The van der Waals surface area contributed by atoms with E-state index in [1.165, 1.54) is 0 Å². The Morgan fingerprint density at radius 1 is 1.40 bits per heavy atom. The molecule has 1 N–H and O–H groups in total. The molecule has 0 spiro atoms. The van der Waals surface area contributed by atoms with Crippen LogP contribution < -0.4 is 5.32 Å². The van der Waals surface area contributed by atoms with Crippen molar-refractivity contribution in [2.24, 2.45) is 0 Å². The van der Waals surface area contributed by atoms with Gasteiger partial charge in [-0.15, -0.1) is 0 Å². The Labute approximate surface area is 89.8 Å². The molecule has 0 radical (unpaired) electrons. The van der Waals surface area contributed by atoms with Crippen molar-refractivity contribution in [3.8, 4) is 0 Å². The van der Waals surface area contributed by atoms with Gasteiger partial charge in [0.15, 0.2) is 0 Å². The second-order valence-corrected chi connectivity index (χ2v) is 3.48. The first-order chi connectivity index (χ1) is 7.19. The van der Waals surface area contributed by atoms with E-state index in [2.05, 4.69) is 5.32 Å². The molecule has 86 valence electrons. The molecule has 1 saturated carbocycles. The van der Waals surface area contributed by atoms with Crippen LogP contribution in [0.4, 0.5) is 4.79 Å². The molecular formula is C10H18N2O3. The second-order valence-electron chi connectivity index (χ2n) is 3.48. The molecule has 5 nitrogen and oxygen atoms in total. The van der Waals surface area contributed by atoms with Crippen LogP contribution >= 0.6 is 0 Å². The van der Waals surface area contributed by atoms with E-state index in [0.29, 0.717) is 19.2 Å². The molecule has 0 aromatic heterocycles. The lowest BCUT2D eigenvalue weighted by Crippen LogP contribution is -2.43. The number of nitrogens with zero attached hydrogens (tertiary/aromatic N) is 1. The Kier molecular flexibility index (Phi) is 4.39. The van der Waals surface area contributed by atoms with E-state index in [0.717, 1.165) is 12.8 Å². The first-order valence-corrected chi connectivity index (χ1v) is 5.39. The summed E-state index contributed by atoms with van der Waals surface area (Å²) >= 11 is 0. The number of ether oxygens (including phenoxy) is 1. The second kappa shape index (κ2) is 5.58. The molecular weight excluding hydrogens is 196 g/mol. The first-order valence-electron chi connectivity index (χ1n) is 5.39. The molecule has 1 aliphatic rings. The number of rotatable bonds is 5. The van der Waals surface area contributed by atoms with E-state index < -0.39 is 5.97 Å². The molecule has 0 atom stereocenters. The Balaban J connectivity index is 2.24. The van der Waals surface area contributed by atoms with Crippen LogP contribution in [0.15, 0.2) is 0 Å². The van der Waals surface area contributed by atoms with Gasteiger partial charge in [0.05, 0.1) is 6.61 Å². The molecule has 5 heteroatoms. The lowest BCUT2D eigenvalue weighted by atomic mass is 10.5. The van der Waals surface area contributed by atoms with Gasteiger partial charge in [0.25, 0.3) is 0 Å². The van der Waals surface area contributed by atoms with Gasteiger partial charge in [-0.3, -0.25) is 4.79 Å². The number of hydrogen-bond acceptors (Lipinski definition) is 3. The minimum Gasteiger partial charge on any atom is -0.465 e. The number of carbonyl (C=O) groups excluding carboxylic acids is 2. The lowest BCUT2D eigenvalue weighted by molar-refractivity contribution is -0.141. The van der Waals surface area contributed by atoms with Crippen molar-refractivity contribution < 1.29 is 14.3 Å². The van der Waals surface area contributed by atoms with Crippen LogP contribution in [-0.2, 0) is 9.53 Å². The van der Waals surface area contributed by atoms with E-state index in [-0.39, 0.29) is 12.6 Å². The average Bonchev–Trinajstić information content (AvgIpc) is 3.00. The minimum absolute atomic E-state index is 0.0457. The molecule has 2 amide bonds. The van der Waals surface area contributed by atoms with Crippen molar-refractivity contribution in [1.82, 2.24) is 10.2 Å². The summed E-state index contributed by atoms with van der Waals surface area (Å²) in [5.74, 6) is -0.391. The number of hydrogen-bond donors (Lipinski definition) is 1. The van der Waals surface area contributed by atoms with Gasteiger partial charge in [0.1, 0.15) is 6.54 Å². The smallest absolute Gasteiger partial charge is 0.325 e. The summed E-state index contributed by atoms with van der Waals surface area (Å²) in [5.41, 5.74) is 0. The monoisotopic (exact) mass is 214 g/mol.